The van der Waals surface area contributed by atoms with Crippen LogP contribution in [0.25, 0.3) is 0 Å². The number of carboxylic acids is 1. The smallest absolute Gasteiger partial charge is 0.303 e. The summed E-state index contributed by atoms with van der Waals surface area (Å²) in [5.74, 6) is -0.438. The molecule has 1 rings (SSSR count). The van der Waals surface area contributed by atoms with Crippen molar-refractivity contribution < 1.29 is 14.6 Å². The van der Waals surface area contributed by atoms with E-state index in [1.54, 1.807) is 25.1 Å². The van der Waals surface area contributed by atoms with Crippen LogP contribution in [0.5, 0.6) is 5.75 Å². The highest BCUT2D eigenvalue weighted by atomic mass is 35.5. The van der Waals surface area contributed by atoms with Gasteiger partial charge in [-0.05, 0) is 12.1 Å². The minimum atomic E-state index is -0.840. The average Bonchev–Trinajstić information content (AvgIpc) is 2.18. The van der Waals surface area contributed by atoms with Crippen LogP contribution in [0.3, 0.4) is 0 Å². The van der Waals surface area contributed by atoms with Crippen molar-refractivity contribution in [3.8, 4) is 5.75 Å². The molecule has 0 spiro atoms. The predicted molar refractivity (Wildman–Crippen MR) is 63.4 cm³/mol. The third-order valence-electron chi connectivity index (χ3n) is 1.94. The zero-order valence-electron chi connectivity index (χ0n) is 8.74. The third-order valence-corrected chi connectivity index (χ3v) is 2.49. The van der Waals surface area contributed by atoms with Gasteiger partial charge in [0.25, 0.3) is 0 Å². The fourth-order valence-electron chi connectivity index (χ4n) is 1.18. The molecule has 5 heteroatoms. The van der Waals surface area contributed by atoms with Crippen molar-refractivity contribution in [2.75, 3.05) is 6.61 Å². The zero-order chi connectivity index (χ0) is 12.1. The Morgan fingerprint density at radius 1 is 1.50 bits per heavy atom. The molecule has 0 bridgehead atoms. The fourth-order valence-corrected chi connectivity index (χ4v) is 1.51. The summed E-state index contributed by atoms with van der Waals surface area (Å²) in [5, 5.41) is 9.57. The molecule has 0 heterocycles. The molecule has 1 unspecified atom stereocenters. The van der Waals surface area contributed by atoms with Crippen molar-refractivity contribution in [2.45, 2.75) is 13.3 Å². The quantitative estimate of drug-likeness (QED) is 0.884. The van der Waals surface area contributed by atoms with E-state index in [0.29, 0.717) is 22.4 Å². The highest BCUT2D eigenvalue weighted by molar-refractivity contribution is 6.34. The number of hydrogen-bond acceptors (Lipinski definition) is 2. The zero-order valence-corrected chi connectivity index (χ0v) is 10.3. The van der Waals surface area contributed by atoms with Crippen LogP contribution in [-0.2, 0) is 4.79 Å². The third kappa shape index (κ3) is 4.29. The Bertz CT molecular complexity index is 379. The summed E-state index contributed by atoms with van der Waals surface area (Å²) in [6.45, 7) is 2.10. The molecular weight excluding hydrogens is 251 g/mol. The Kier molecular flexibility index (Phi) is 4.90. The van der Waals surface area contributed by atoms with Gasteiger partial charge in [0.15, 0.2) is 0 Å². The van der Waals surface area contributed by atoms with E-state index in [4.69, 9.17) is 33.0 Å². The molecule has 0 fully saturated rings. The molecule has 16 heavy (non-hydrogen) atoms. The predicted octanol–water partition coefficient (Wildman–Crippen LogP) is 3.48. The summed E-state index contributed by atoms with van der Waals surface area (Å²) in [6, 6.07) is 4.91. The second kappa shape index (κ2) is 5.97. The van der Waals surface area contributed by atoms with Gasteiger partial charge < -0.3 is 9.84 Å². The van der Waals surface area contributed by atoms with Gasteiger partial charge in [0.05, 0.1) is 18.1 Å². The minimum absolute atomic E-state index is 0.0676. The molecule has 1 atom stereocenters. The Labute approximate surface area is 104 Å². The molecule has 3 nitrogen and oxygen atoms in total. The van der Waals surface area contributed by atoms with E-state index >= 15 is 0 Å². The normalized spacial score (nSPS) is 12.2. The Morgan fingerprint density at radius 3 is 2.81 bits per heavy atom. The summed E-state index contributed by atoms with van der Waals surface area (Å²) in [7, 11) is 0. The van der Waals surface area contributed by atoms with Crippen molar-refractivity contribution in [1.29, 1.82) is 0 Å². The van der Waals surface area contributed by atoms with Gasteiger partial charge in [0.1, 0.15) is 5.75 Å². The van der Waals surface area contributed by atoms with E-state index in [1.165, 1.54) is 0 Å². The number of aliphatic carboxylic acids is 1. The van der Waals surface area contributed by atoms with Crippen molar-refractivity contribution in [3.05, 3.63) is 28.2 Å². The Balaban J connectivity index is 2.54. The molecule has 0 aliphatic carbocycles. The van der Waals surface area contributed by atoms with Gasteiger partial charge >= 0.3 is 5.97 Å². The van der Waals surface area contributed by atoms with Crippen molar-refractivity contribution in [3.63, 3.8) is 0 Å². The Hall–Kier alpha value is -0.930. The van der Waals surface area contributed by atoms with Crippen LogP contribution >= 0.6 is 23.2 Å². The molecule has 0 aliphatic heterocycles. The number of benzene rings is 1. The molecule has 0 saturated heterocycles. The molecule has 88 valence electrons. The molecule has 0 aromatic heterocycles. The van der Waals surface area contributed by atoms with E-state index in [9.17, 15) is 4.79 Å². The minimum Gasteiger partial charge on any atom is -0.492 e. The van der Waals surface area contributed by atoms with Gasteiger partial charge in [-0.2, -0.15) is 0 Å². The van der Waals surface area contributed by atoms with E-state index < -0.39 is 5.97 Å². The lowest BCUT2D eigenvalue weighted by Crippen LogP contribution is -2.13. The van der Waals surface area contributed by atoms with E-state index in [0.717, 1.165) is 0 Å². The lowest BCUT2D eigenvalue weighted by Gasteiger charge is -2.12. The average molecular weight is 263 g/mol. The second-order valence-electron chi connectivity index (χ2n) is 3.59. The summed E-state index contributed by atoms with van der Waals surface area (Å²) in [6.07, 6.45) is 0.0676. The van der Waals surface area contributed by atoms with Crippen molar-refractivity contribution in [1.82, 2.24) is 0 Å². The van der Waals surface area contributed by atoms with Crippen molar-refractivity contribution >= 4 is 29.2 Å². The van der Waals surface area contributed by atoms with Crippen LogP contribution < -0.4 is 4.74 Å². The van der Waals surface area contributed by atoms with Gasteiger partial charge in [-0.25, -0.2) is 0 Å². The maximum absolute atomic E-state index is 10.4. The number of halogens is 2. The van der Waals surface area contributed by atoms with Gasteiger partial charge in [-0.15, -0.1) is 0 Å². The maximum atomic E-state index is 10.4. The largest absolute Gasteiger partial charge is 0.492 e. The topological polar surface area (TPSA) is 46.5 Å². The Morgan fingerprint density at radius 2 is 2.19 bits per heavy atom. The van der Waals surface area contributed by atoms with Gasteiger partial charge in [0, 0.05) is 17.0 Å². The number of carbonyl (C=O) groups is 1. The first-order chi connectivity index (χ1) is 7.49. The molecule has 0 amide bonds. The number of carboxylic acid groups (broad SMARTS) is 1. The first kappa shape index (κ1) is 13.1. The van der Waals surface area contributed by atoms with E-state index in [-0.39, 0.29) is 12.3 Å². The standard InChI is InChI=1S/C11H12Cl2O3/c1-7(4-11(14)15)6-16-10-5-8(12)2-3-9(10)13/h2-3,5,7H,4,6H2,1H3,(H,14,15). The number of hydrogen-bond donors (Lipinski definition) is 1. The summed E-state index contributed by atoms with van der Waals surface area (Å²) < 4.78 is 5.40. The molecule has 0 aliphatic rings. The lowest BCUT2D eigenvalue weighted by atomic mass is 10.1. The first-order valence-electron chi connectivity index (χ1n) is 4.78. The number of ether oxygens (including phenoxy) is 1. The van der Waals surface area contributed by atoms with Gasteiger partial charge in [-0.1, -0.05) is 30.1 Å². The molecule has 1 aromatic rings. The number of rotatable bonds is 5. The molecule has 1 N–H and O–H groups in total. The summed E-state index contributed by atoms with van der Waals surface area (Å²) >= 11 is 11.7. The fraction of sp³-hybridized carbons (Fsp3) is 0.364. The maximum Gasteiger partial charge on any atom is 0.303 e. The summed E-state index contributed by atoms with van der Waals surface area (Å²) in [4.78, 5) is 10.4. The highest BCUT2D eigenvalue weighted by Crippen LogP contribution is 2.28. The monoisotopic (exact) mass is 262 g/mol. The van der Waals surface area contributed by atoms with E-state index in [2.05, 4.69) is 0 Å². The van der Waals surface area contributed by atoms with Crippen LogP contribution in [0.15, 0.2) is 18.2 Å². The van der Waals surface area contributed by atoms with Gasteiger partial charge in [-0.3, -0.25) is 4.79 Å². The second-order valence-corrected chi connectivity index (χ2v) is 4.43. The summed E-state index contributed by atoms with van der Waals surface area (Å²) in [5.41, 5.74) is 0. The highest BCUT2D eigenvalue weighted by Gasteiger charge is 2.10. The van der Waals surface area contributed by atoms with Crippen LogP contribution in [0.1, 0.15) is 13.3 Å². The molecular formula is C11H12Cl2O3. The van der Waals surface area contributed by atoms with E-state index in [1.807, 2.05) is 0 Å². The molecule has 0 radical (unpaired) electrons. The molecule has 0 saturated carbocycles. The lowest BCUT2D eigenvalue weighted by molar-refractivity contribution is -0.138. The van der Waals surface area contributed by atoms with Crippen LogP contribution in [-0.4, -0.2) is 17.7 Å². The first-order valence-corrected chi connectivity index (χ1v) is 5.54. The molecule has 1 aromatic carbocycles. The SMILES string of the molecule is CC(COc1cc(Cl)ccc1Cl)CC(=O)O. The van der Waals surface area contributed by atoms with Crippen LogP contribution in [0.2, 0.25) is 10.0 Å². The van der Waals surface area contributed by atoms with Gasteiger partial charge in [0.2, 0.25) is 0 Å². The van der Waals surface area contributed by atoms with Crippen molar-refractivity contribution in [2.24, 2.45) is 5.92 Å². The van der Waals surface area contributed by atoms with Crippen LogP contribution in [0, 0.1) is 5.92 Å². The van der Waals surface area contributed by atoms with Crippen LogP contribution in [0.4, 0.5) is 0 Å².